The van der Waals surface area contributed by atoms with Crippen LogP contribution in [0.3, 0.4) is 0 Å². The Bertz CT molecular complexity index is 697. The number of imide groups is 1. The van der Waals surface area contributed by atoms with Crippen LogP contribution < -0.4 is 21.7 Å². The van der Waals surface area contributed by atoms with Crippen LogP contribution in [-0.2, 0) is 33.4 Å². The summed E-state index contributed by atoms with van der Waals surface area (Å²) in [6.07, 6.45) is 3.91. The van der Waals surface area contributed by atoms with Crippen LogP contribution in [0.5, 0.6) is 0 Å². The molecule has 1 heterocycles. The van der Waals surface area contributed by atoms with E-state index in [4.69, 9.17) is 19.9 Å². The maximum atomic E-state index is 11.8. The van der Waals surface area contributed by atoms with Gasteiger partial charge in [0.2, 0.25) is 11.8 Å². The Labute approximate surface area is 198 Å². The summed E-state index contributed by atoms with van der Waals surface area (Å²) in [5.74, 6) is -1.27. The van der Waals surface area contributed by atoms with Gasteiger partial charge in [-0.1, -0.05) is 0 Å². The van der Waals surface area contributed by atoms with Crippen LogP contribution in [0.15, 0.2) is 12.2 Å². The molecule has 0 saturated heterocycles. The molecule has 1 aliphatic heterocycles. The fourth-order valence-electron chi connectivity index (χ4n) is 2.80. The van der Waals surface area contributed by atoms with Gasteiger partial charge in [-0.25, -0.2) is 4.79 Å². The fourth-order valence-corrected chi connectivity index (χ4v) is 2.80. The van der Waals surface area contributed by atoms with Crippen molar-refractivity contribution >= 4 is 29.7 Å². The highest BCUT2D eigenvalue weighted by Gasteiger charge is 2.22. The Morgan fingerprint density at radius 2 is 1.50 bits per heavy atom. The molecule has 1 aliphatic rings. The standard InChI is InChI=1S/C21H35N5O8/c1-16(3-2-7-23-21(22)31)25-18(28)15-24-17(27)6-9-32-11-13-34-14-12-33-10-8-26-19(29)4-5-20(26)30/h4-5,16H,2-3,6-15H2,1H3,(H,24,27)(H,25,28)(H3,22,23,31). The molecule has 6 amide bonds. The minimum Gasteiger partial charge on any atom is -0.379 e. The molecule has 0 spiro atoms. The molecule has 1 rings (SSSR count). The quantitative estimate of drug-likeness (QED) is 0.125. The number of nitrogens with one attached hydrogen (secondary N) is 3. The molecule has 0 aromatic rings. The maximum Gasteiger partial charge on any atom is 0.312 e. The molecule has 192 valence electrons. The molecule has 1 unspecified atom stereocenters. The van der Waals surface area contributed by atoms with Crippen molar-refractivity contribution in [3.8, 4) is 0 Å². The van der Waals surface area contributed by atoms with Gasteiger partial charge in [-0.2, -0.15) is 0 Å². The lowest BCUT2D eigenvalue weighted by Crippen LogP contribution is -2.41. The number of rotatable bonds is 19. The second kappa shape index (κ2) is 17.4. The number of nitrogens with zero attached hydrogens (tertiary/aromatic N) is 1. The van der Waals surface area contributed by atoms with E-state index in [1.807, 2.05) is 6.92 Å². The molecular weight excluding hydrogens is 450 g/mol. The van der Waals surface area contributed by atoms with Crippen molar-refractivity contribution in [2.45, 2.75) is 32.2 Å². The third-order valence-corrected chi connectivity index (χ3v) is 4.54. The van der Waals surface area contributed by atoms with Crippen molar-refractivity contribution in [3.63, 3.8) is 0 Å². The van der Waals surface area contributed by atoms with Crippen molar-refractivity contribution in [1.82, 2.24) is 20.9 Å². The lowest BCUT2D eigenvalue weighted by molar-refractivity contribution is -0.137. The van der Waals surface area contributed by atoms with E-state index in [0.29, 0.717) is 45.8 Å². The molecule has 5 N–H and O–H groups in total. The van der Waals surface area contributed by atoms with Gasteiger partial charge in [0.25, 0.3) is 11.8 Å². The van der Waals surface area contributed by atoms with Crippen LogP contribution in [0.25, 0.3) is 0 Å². The van der Waals surface area contributed by atoms with Crippen LogP contribution in [0, 0.1) is 0 Å². The van der Waals surface area contributed by atoms with Gasteiger partial charge in [-0.3, -0.25) is 24.1 Å². The Balaban J connectivity index is 1.88. The van der Waals surface area contributed by atoms with Crippen LogP contribution in [-0.4, -0.2) is 99.9 Å². The van der Waals surface area contributed by atoms with Crippen molar-refractivity contribution < 1.29 is 38.2 Å². The van der Waals surface area contributed by atoms with Crippen molar-refractivity contribution in [3.05, 3.63) is 12.2 Å². The van der Waals surface area contributed by atoms with E-state index >= 15 is 0 Å². The largest absolute Gasteiger partial charge is 0.379 e. The predicted octanol–water partition coefficient (Wildman–Crippen LogP) is -1.58. The summed E-state index contributed by atoms with van der Waals surface area (Å²) in [5, 5.41) is 7.76. The normalized spacial score (nSPS) is 13.7. The summed E-state index contributed by atoms with van der Waals surface area (Å²) in [6, 6.07) is -0.674. The number of amides is 6. The number of hydrogen-bond donors (Lipinski definition) is 4. The van der Waals surface area contributed by atoms with Gasteiger partial charge in [0.15, 0.2) is 0 Å². The number of urea groups is 1. The summed E-state index contributed by atoms with van der Waals surface area (Å²) in [6.45, 7) is 4.07. The Morgan fingerprint density at radius 1 is 0.912 bits per heavy atom. The smallest absolute Gasteiger partial charge is 0.312 e. The van der Waals surface area contributed by atoms with E-state index in [9.17, 15) is 24.0 Å². The van der Waals surface area contributed by atoms with E-state index in [1.165, 1.54) is 12.2 Å². The lowest BCUT2D eigenvalue weighted by Gasteiger charge is -2.14. The molecule has 1 atom stereocenters. The Kier molecular flexibility index (Phi) is 14.9. The van der Waals surface area contributed by atoms with E-state index < -0.39 is 6.03 Å². The highest BCUT2D eigenvalue weighted by Crippen LogP contribution is 2.02. The Morgan fingerprint density at radius 3 is 2.12 bits per heavy atom. The van der Waals surface area contributed by atoms with Crippen LogP contribution in [0.2, 0.25) is 0 Å². The molecule has 34 heavy (non-hydrogen) atoms. The SMILES string of the molecule is CC(CCCNC(N)=O)NC(=O)CNC(=O)CCOCCOCCOCCN1C(=O)C=CC1=O. The van der Waals surface area contributed by atoms with Gasteiger partial charge >= 0.3 is 6.03 Å². The van der Waals surface area contributed by atoms with Crippen LogP contribution in [0.1, 0.15) is 26.2 Å². The number of primary amides is 1. The first-order valence-corrected chi connectivity index (χ1v) is 11.2. The second-order valence-corrected chi connectivity index (χ2v) is 7.43. The number of ether oxygens (including phenoxy) is 3. The van der Waals surface area contributed by atoms with Crippen LogP contribution >= 0.6 is 0 Å². The summed E-state index contributed by atoms with van der Waals surface area (Å²) >= 11 is 0. The molecule has 0 radical (unpaired) electrons. The van der Waals surface area contributed by atoms with E-state index in [2.05, 4.69) is 16.0 Å². The molecule has 0 saturated carbocycles. The topological polar surface area (TPSA) is 178 Å². The minimum atomic E-state index is -0.580. The summed E-state index contributed by atoms with van der Waals surface area (Å²) in [5.41, 5.74) is 4.97. The third kappa shape index (κ3) is 14.2. The van der Waals surface area contributed by atoms with Gasteiger partial charge in [-0.15, -0.1) is 0 Å². The highest BCUT2D eigenvalue weighted by atomic mass is 16.5. The fraction of sp³-hybridized carbons (Fsp3) is 0.667. The summed E-state index contributed by atoms with van der Waals surface area (Å²) < 4.78 is 15.9. The molecule has 0 bridgehead atoms. The average Bonchev–Trinajstić information content (AvgIpc) is 3.10. The third-order valence-electron chi connectivity index (χ3n) is 4.54. The van der Waals surface area contributed by atoms with Gasteiger partial charge < -0.3 is 35.9 Å². The molecule has 13 nitrogen and oxygen atoms in total. The van der Waals surface area contributed by atoms with Crippen LogP contribution in [0.4, 0.5) is 4.79 Å². The summed E-state index contributed by atoms with van der Waals surface area (Å²) in [7, 11) is 0. The molecule has 0 aliphatic carbocycles. The monoisotopic (exact) mass is 485 g/mol. The highest BCUT2D eigenvalue weighted by molar-refractivity contribution is 6.12. The van der Waals surface area contributed by atoms with Gasteiger partial charge in [-0.05, 0) is 19.8 Å². The van der Waals surface area contributed by atoms with E-state index in [0.717, 1.165) is 4.90 Å². The van der Waals surface area contributed by atoms with Gasteiger partial charge in [0, 0.05) is 31.2 Å². The van der Waals surface area contributed by atoms with Gasteiger partial charge in [0.05, 0.1) is 52.7 Å². The number of carbonyl (C=O) groups is 5. The number of hydrogen-bond acceptors (Lipinski definition) is 8. The second-order valence-electron chi connectivity index (χ2n) is 7.43. The zero-order chi connectivity index (χ0) is 25.2. The van der Waals surface area contributed by atoms with E-state index in [-0.39, 0.29) is 62.4 Å². The first kappa shape index (κ1) is 29.0. The molecule has 0 aromatic heterocycles. The lowest BCUT2D eigenvalue weighted by atomic mass is 10.2. The Hall–Kier alpha value is -3.03. The average molecular weight is 486 g/mol. The first-order valence-electron chi connectivity index (χ1n) is 11.2. The summed E-state index contributed by atoms with van der Waals surface area (Å²) in [4.78, 5) is 58.0. The number of carbonyl (C=O) groups excluding carboxylic acids is 5. The predicted molar refractivity (Wildman–Crippen MR) is 120 cm³/mol. The molecule has 0 fully saturated rings. The maximum absolute atomic E-state index is 11.8. The van der Waals surface area contributed by atoms with E-state index in [1.54, 1.807) is 0 Å². The first-order chi connectivity index (χ1) is 16.3. The van der Waals surface area contributed by atoms with Crippen molar-refractivity contribution in [2.24, 2.45) is 5.73 Å². The molecule has 13 heteroatoms. The van der Waals surface area contributed by atoms with Gasteiger partial charge in [0.1, 0.15) is 0 Å². The zero-order valence-corrected chi connectivity index (χ0v) is 19.5. The number of nitrogens with two attached hydrogens (primary N) is 1. The van der Waals surface area contributed by atoms with Crippen molar-refractivity contribution in [1.29, 1.82) is 0 Å². The zero-order valence-electron chi connectivity index (χ0n) is 19.5. The van der Waals surface area contributed by atoms with Crippen molar-refractivity contribution in [2.75, 3.05) is 59.3 Å². The molecule has 0 aromatic carbocycles. The molecular formula is C21H35N5O8. The minimum absolute atomic E-state index is 0.0939.